The van der Waals surface area contributed by atoms with E-state index in [2.05, 4.69) is 5.32 Å². The van der Waals surface area contributed by atoms with Crippen LogP contribution in [0, 0.1) is 19.7 Å². The van der Waals surface area contributed by atoms with Gasteiger partial charge in [0, 0.05) is 17.8 Å². The number of nitrogens with one attached hydrogen (secondary N) is 1. The average Bonchev–Trinajstić information content (AvgIpc) is 2.37. The van der Waals surface area contributed by atoms with E-state index >= 15 is 0 Å². The molecule has 2 nitrogen and oxygen atoms in total. The lowest BCUT2D eigenvalue weighted by Crippen LogP contribution is -2.03. The molecule has 2 N–H and O–H groups in total. The lowest BCUT2D eigenvalue weighted by molar-refractivity contribution is 0.471. The predicted molar refractivity (Wildman–Crippen MR) is 76.3 cm³/mol. The van der Waals surface area contributed by atoms with E-state index in [-0.39, 0.29) is 10.8 Å². The molecule has 0 aliphatic carbocycles. The maximum atomic E-state index is 13.7. The van der Waals surface area contributed by atoms with Crippen LogP contribution < -0.4 is 5.32 Å². The fourth-order valence-corrected chi connectivity index (χ4v) is 2.06. The molecule has 0 amide bonds. The predicted octanol–water partition coefficient (Wildman–Crippen LogP) is 4.41. The van der Waals surface area contributed by atoms with E-state index in [0.29, 0.717) is 12.1 Å². The van der Waals surface area contributed by atoms with Gasteiger partial charge in [-0.1, -0.05) is 23.7 Å². The van der Waals surface area contributed by atoms with Gasteiger partial charge in [0.05, 0.1) is 5.02 Å². The number of phenols is 1. The summed E-state index contributed by atoms with van der Waals surface area (Å²) in [6.45, 7) is 4.05. The summed E-state index contributed by atoms with van der Waals surface area (Å²) in [5, 5.41) is 12.9. The summed E-state index contributed by atoms with van der Waals surface area (Å²) in [4.78, 5) is 0. The third kappa shape index (κ3) is 2.99. The van der Waals surface area contributed by atoms with Crippen LogP contribution in [0.4, 0.5) is 10.1 Å². The van der Waals surface area contributed by atoms with E-state index in [0.717, 1.165) is 16.8 Å². The van der Waals surface area contributed by atoms with E-state index < -0.39 is 5.82 Å². The third-order valence-electron chi connectivity index (χ3n) is 3.04. The van der Waals surface area contributed by atoms with Gasteiger partial charge in [0.2, 0.25) is 0 Å². The zero-order valence-corrected chi connectivity index (χ0v) is 11.6. The highest BCUT2D eigenvalue weighted by molar-refractivity contribution is 6.30. The number of anilines is 1. The largest absolute Gasteiger partial charge is 0.508 e. The number of halogens is 2. The third-order valence-corrected chi connectivity index (χ3v) is 3.34. The molecule has 0 aliphatic rings. The Morgan fingerprint density at radius 2 is 1.95 bits per heavy atom. The fourth-order valence-electron chi connectivity index (χ4n) is 1.87. The number of aromatic hydroxyl groups is 1. The van der Waals surface area contributed by atoms with Gasteiger partial charge in [-0.05, 0) is 43.2 Å². The zero-order valence-electron chi connectivity index (χ0n) is 10.8. The molecule has 0 bridgehead atoms. The van der Waals surface area contributed by atoms with E-state index in [1.807, 2.05) is 19.9 Å². The molecule has 2 aromatic carbocycles. The van der Waals surface area contributed by atoms with Gasteiger partial charge in [0.1, 0.15) is 11.6 Å². The van der Waals surface area contributed by atoms with Gasteiger partial charge in [-0.2, -0.15) is 0 Å². The van der Waals surface area contributed by atoms with Crippen LogP contribution in [0.15, 0.2) is 30.3 Å². The molecule has 0 heterocycles. The summed E-state index contributed by atoms with van der Waals surface area (Å²) < 4.78 is 13.7. The Morgan fingerprint density at radius 1 is 1.21 bits per heavy atom. The minimum absolute atomic E-state index is 0.123. The number of rotatable bonds is 3. The van der Waals surface area contributed by atoms with Gasteiger partial charge >= 0.3 is 0 Å². The topological polar surface area (TPSA) is 32.3 Å². The lowest BCUT2D eigenvalue weighted by Gasteiger charge is -2.12. The molecule has 0 fully saturated rings. The number of benzene rings is 2. The molecule has 4 heteroatoms. The first-order chi connectivity index (χ1) is 8.99. The second-order valence-corrected chi connectivity index (χ2v) is 4.93. The highest BCUT2D eigenvalue weighted by Gasteiger charge is 2.07. The molecule has 19 heavy (non-hydrogen) atoms. The standard InChI is InChI=1S/C15H15ClFNO/c1-9-7-14(19)10(2)6-13(9)18-8-11-4-3-5-12(16)15(11)17/h3-7,18-19H,8H2,1-2H3. The second-order valence-electron chi connectivity index (χ2n) is 4.52. The van der Waals surface area contributed by atoms with E-state index in [4.69, 9.17) is 11.6 Å². The normalized spacial score (nSPS) is 10.5. The minimum Gasteiger partial charge on any atom is -0.508 e. The first-order valence-electron chi connectivity index (χ1n) is 5.96. The Morgan fingerprint density at radius 3 is 2.68 bits per heavy atom. The number of hydrogen-bond acceptors (Lipinski definition) is 2. The van der Waals surface area contributed by atoms with Crippen molar-refractivity contribution in [3.05, 3.63) is 57.9 Å². The van der Waals surface area contributed by atoms with Crippen molar-refractivity contribution < 1.29 is 9.50 Å². The summed E-state index contributed by atoms with van der Waals surface area (Å²) in [7, 11) is 0. The first-order valence-corrected chi connectivity index (χ1v) is 6.34. The molecule has 0 atom stereocenters. The Balaban J connectivity index is 2.19. The number of aryl methyl sites for hydroxylation is 2. The van der Waals surface area contributed by atoms with Gasteiger partial charge < -0.3 is 10.4 Å². The zero-order chi connectivity index (χ0) is 14.0. The van der Waals surface area contributed by atoms with Crippen LogP contribution in [0.3, 0.4) is 0 Å². The Hall–Kier alpha value is -1.74. The highest BCUT2D eigenvalue weighted by Crippen LogP contribution is 2.26. The van der Waals surface area contributed by atoms with Crippen molar-refractivity contribution >= 4 is 17.3 Å². The summed E-state index contributed by atoms with van der Waals surface area (Å²) in [6.07, 6.45) is 0. The van der Waals surface area contributed by atoms with Gasteiger partial charge in [-0.3, -0.25) is 0 Å². The number of phenolic OH excluding ortho intramolecular Hbond substituents is 1. The lowest BCUT2D eigenvalue weighted by atomic mass is 10.1. The van der Waals surface area contributed by atoms with Crippen LogP contribution in [-0.4, -0.2) is 5.11 Å². The van der Waals surface area contributed by atoms with Crippen molar-refractivity contribution in [2.45, 2.75) is 20.4 Å². The van der Waals surface area contributed by atoms with Crippen LogP contribution in [-0.2, 0) is 6.54 Å². The molecule has 0 unspecified atom stereocenters. The van der Waals surface area contributed by atoms with Crippen LogP contribution >= 0.6 is 11.6 Å². The quantitative estimate of drug-likeness (QED) is 0.816. The van der Waals surface area contributed by atoms with Gasteiger partial charge in [-0.15, -0.1) is 0 Å². The SMILES string of the molecule is Cc1cc(NCc2cccc(Cl)c2F)c(C)cc1O. The van der Waals surface area contributed by atoms with Crippen molar-refractivity contribution in [1.29, 1.82) is 0 Å². The van der Waals surface area contributed by atoms with Crippen molar-refractivity contribution in [1.82, 2.24) is 0 Å². The second kappa shape index (κ2) is 5.49. The van der Waals surface area contributed by atoms with E-state index in [1.54, 1.807) is 18.2 Å². The molecule has 0 aliphatic heterocycles. The Bertz CT molecular complexity index is 613. The molecular formula is C15H15ClFNO. The monoisotopic (exact) mass is 279 g/mol. The molecule has 0 saturated heterocycles. The van der Waals surface area contributed by atoms with Crippen molar-refractivity contribution in [3.8, 4) is 5.75 Å². The summed E-state index contributed by atoms with van der Waals surface area (Å²) >= 11 is 5.74. The summed E-state index contributed by atoms with van der Waals surface area (Å²) in [6, 6.07) is 8.46. The van der Waals surface area contributed by atoms with Gasteiger partial charge in [0.15, 0.2) is 0 Å². The maximum absolute atomic E-state index is 13.7. The summed E-state index contributed by atoms with van der Waals surface area (Å²) in [5.74, 6) is -0.137. The van der Waals surface area contributed by atoms with Crippen molar-refractivity contribution in [3.63, 3.8) is 0 Å². The molecule has 0 saturated carbocycles. The van der Waals surface area contributed by atoms with Crippen LogP contribution in [0.5, 0.6) is 5.75 Å². The fraction of sp³-hybridized carbons (Fsp3) is 0.200. The molecule has 0 aromatic heterocycles. The van der Waals surface area contributed by atoms with E-state index in [9.17, 15) is 9.50 Å². The molecule has 100 valence electrons. The molecular weight excluding hydrogens is 265 g/mol. The minimum atomic E-state index is -0.398. The van der Waals surface area contributed by atoms with Crippen LogP contribution in [0.1, 0.15) is 16.7 Å². The molecule has 0 spiro atoms. The molecule has 0 radical (unpaired) electrons. The highest BCUT2D eigenvalue weighted by atomic mass is 35.5. The van der Waals surface area contributed by atoms with Crippen LogP contribution in [0.25, 0.3) is 0 Å². The van der Waals surface area contributed by atoms with Crippen LogP contribution in [0.2, 0.25) is 5.02 Å². The van der Waals surface area contributed by atoms with Crippen molar-refractivity contribution in [2.75, 3.05) is 5.32 Å². The maximum Gasteiger partial charge on any atom is 0.146 e. The average molecular weight is 280 g/mol. The van der Waals surface area contributed by atoms with Crippen molar-refractivity contribution in [2.24, 2.45) is 0 Å². The Kier molecular flexibility index (Phi) is 3.96. The molecule has 2 rings (SSSR count). The first kappa shape index (κ1) is 13.7. The number of hydrogen-bond donors (Lipinski definition) is 2. The summed E-state index contributed by atoms with van der Waals surface area (Å²) in [5.41, 5.74) is 3.07. The van der Waals surface area contributed by atoms with Gasteiger partial charge in [0.25, 0.3) is 0 Å². The Labute approximate surface area is 116 Å². The smallest absolute Gasteiger partial charge is 0.146 e. The van der Waals surface area contributed by atoms with E-state index in [1.165, 1.54) is 6.07 Å². The molecule has 2 aromatic rings. The van der Waals surface area contributed by atoms with Gasteiger partial charge in [-0.25, -0.2) is 4.39 Å².